The molecule has 0 aromatic heterocycles. The fourth-order valence-electron chi connectivity index (χ4n) is 0.694. The number of nitrogen functional groups attached to an aromatic ring is 1. The van der Waals surface area contributed by atoms with Crippen LogP contribution in [0.2, 0.25) is 0 Å². The van der Waals surface area contributed by atoms with E-state index in [-0.39, 0.29) is 0 Å². The van der Waals surface area contributed by atoms with Crippen LogP contribution in [0.4, 0.5) is 11.4 Å². The predicted octanol–water partition coefficient (Wildman–Crippen LogP) is 0.769. The van der Waals surface area contributed by atoms with Crippen molar-refractivity contribution in [2.24, 2.45) is 0 Å². The smallest absolute Gasteiger partial charge is 0.320 e. The Morgan fingerprint density at radius 1 is 1.55 bits per heavy atom. The molecule has 0 unspecified atom stereocenters. The lowest BCUT2D eigenvalue weighted by Gasteiger charge is -2.01. The highest BCUT2D eigenvalue weighted by atomic mass is 16.7. The first-order valence-corrected chi connectivity index (χ1v) is 3.04. The Morgan fingerprint density at radius 3 is 3.00 bits per heavy atom. The molecule has 58 valence electrons. The zero-order valence-electron chi connectivity index (χ0n) is 5.78. The predicted molar refractivity (Wildman–Crippen MR) is 41.6 cm³/mol. The van der Waals surface area contributed by atoms with E-state index in [9.17, 15) is 4.79 Å². The molecule has 1 aromatic carbocycles. The maximum absolute atomic E-state index is 9.75. The molecule has 4 heteroatoms. The number of anilines is 2. The summed E-state index contributed by atoms with van der Waals surface area (Å²) in [5, 5.41) is 0. The van der Waals surface area contributed by atoms with E-state index in [0.29, 0.717) is 17.8 Å². The third kappa shape index (κ3) is 2.17. The largest absolute Gasteiger partial charge is 0.399 e. The van der Waals surface area contributed by atoms with Crippen LogP contribution >= 0.6 is 0 Å². The van der Waals surface area contributed by atoms with Gasteiger partial charge in [-0.25, -0.2) is 5.48 Å². The molecule has 3 N–H and O–H groups in total. The molecule has 0 saturated carbocycles. The molecule has 0 spiro atoms. The van der Waals surface area contributed by atoms with Gasteiger partial charge in [0.1, 0.15) is 0 Å². The van der Waals surface area contributed by atoms with E-state index in [2.05, 4.69) is 10.3 Å². The van der Waals surface area contributed by atoms with Gasteiger partial charge in [0.25, 0.3) is 0 Å². The fraction of sp³-hybridized carbons (Fsp3) is 0. The first-order chi connectivity index (χ1) is 5.33. The topological polar surface area (TPSA) is 64.3 Å². The Kier molecular flexibility index (Phi) is 2.32. The Labute approximate surface area is 63.9 Å². The van der Waals surface area contributed by atoms with Crippen LogP contribution in [-0.2, 0) is 9.63 Å². The third-order valence-corrected chi connectivity index (χ3v) is 1.11. The van der Waals surface area contributed by atoms with Crippen LogP contribution in [0.1, 0.15) is 0 Å². The standard InChI is InChI=1S/C7H8N2O2/c8-6-2-1-3-7(4-6)9-11-5-10/h1-5,9H,8H2. The normalized spacial score (nSPS) is 8.73. The second-order valence-electron chi connectivity index (χ2n) is 1.94. The molecule has 0 fully saturated rings. The molecular formula is C7H8N2O2. The van der Waals surface area contributed by atoms with Crippen molar-refractivity contribution in [2.45, 2.75) is 0 Å². The zero-order chi connectivity index (χ0) is 8.10. The van der Waals surface area contributed by atoms with Gasteiger partial charge >= 0.3 is 6.47 Å². The summed E-state index contributed by atoms with van der Waals surface area (Å²) in [6, 6.07) is 6.89. The molecule has 0 bridgehead atoms. The number of carbonyl (C=O) groups excluding carboxylic acids is 1. The van der Waals surface area contributed by atoms with Crippen molar-refractivity contribution in [3.05, 3.63) is 24.3 Å². The summed E-state index contributed by atoms with van der Waals surface area (Å²) >= 11 is 0. The highest BCUT2D eigenvalue weighted by Crippen LogP contribution is 2.10. The van der Waals surface area contributed by atoms with E-state index in [0.717, 1.165) is 0 Å². The summed E-state index contributed by atoms with van der Waals surface area (Å²) in [5.74, 6) is 0. The van der Waals surface area contributed by atoms with Gasteiger partial charge in [0.2, 0.25) is 0 Å². The summed E-state index contributed by atoms with van der Waals surface area (Å²) in [7, 11) is 0. The second-order valence-corrected chi connectivity index (χ2v) is 1.94. The van der Waals surface area contributed by atoms with E-state index in [1.165, 1.54) is 0 Å². The molecule has 0 atom stereocenters. The number of nitrogens with one attached hydrogen (secondary N) is 1. The van der Waals surface area contributed by atoms with E-state index in [4.69, 9.17) is 5.73 Å². The van der Waals surface area contributed by atoms with Gasteiger partial charge in [0.05, 0.1) is 5.69 Å². The minimum atomic E-state index is 0.309. The molecule has 0 radical (unpaired) electrons. The highest BCUT2D eigenvalue weighted by Gasteiger charge is 1.89. The van der Waals surface area contributed by atoms with Gasteiger partial charge in [0.15, 0.2) is 0 Å². The summed E-state index contributed by atoms with van der Waals surface area (Å²) in [5.41, 5.74) is 9.10. The molecule has 0 aliphatic carbocycles. The molecule has 0 amide bonds. The molecule has 1 rings (SSSR count). The summed E-state index contributed by atoms with van der Waals surface area (Å²) < 4.78 is 0. The number of rotatable bonds is 3. The number of carbonyl (C=O) groups is 1. The minimum Gasteiger partial charge on any atom is -0.399 e. The van der Waals surface area contributed by atoms with Gasteiger partial charge in [-0.2, -0.15) is 0 Å². The average molecular weight is 152 g/mol. The monoisotopic (exact) mass is 152 g/mol. The Hall–Kier alpha value is -1.71. The molecular weight excluding hydrogens is 144 g/mol. The van der Waals surface area contributed by atoms with Crippen LogP contribution in [-0.4, -0.2) is 6.47 Å². The van der Waals surface area contributed by atoms with Crippen LogP contribution in [0.25, 0.3) is 0 Å². The quantitative estimate of drug-likeness (QED) is 0.381. The molecule has 0 aliphatic heterocycles. The average Bonchev–Trinajstić information content (AvgIpc) is 2.01. The van der Waals surface area contributed by atoms with Gasteiger partial charge in [-0.15, -0.1) is 0 Å². The van der Waals surface area contributed by atoms with Crippen molar-refractivity contribution in [1.29, 1.82) is 0 Å². The number of nitrogens with two attached hydrogens (primary N) is 1. The SMILES string of the molecule is Nc1cccc(NOC=O)c1. The third-order valence-electron chi connectivity index (χ3n) is 1.11. The van der Waals surface area contributed by atoms with Crippen molar-refractivity contribution < 1.29 is 9.63 Å². The molecule has 4 nitrogen and oxygen atoms in total. The van der Waals surface area contributed by atoms with Crippen LogP contribution in [0.15, 0.2) is 24.3 Å². The van der Waals surface area contributed by atoms with E-state index < -0.39 is 0 Å². The van der Waals surface area contributed by atoms with Gasteiger partial charge in [0, 0.05) is 5.69 Å². The van der Waals surface area contributed by atoms with Crippen molar-refractivity contribution >= 4 is 17.8 Å². The minimum absolute atomic E-state index is 0.309. The molecule has 1 aromatic rings. The molecule has 0 heterocycles. The first kappa shape index (κ1) is 7.40. The highest BCUT2D eigenvalue weighted by molar-refractivity contribution is 5.54. The summed E-state index contributed by atoms with van der Waals surface area (Å²) in [6.07, 6.45) is 0. The van der Waals surface area contributed by atoms with E-state index >= 15 is 0 Å². The van der Waals surface area contributed by atoms with Crippen LogP contribution in [0.3, 0.4) is 0 Å². The maximum Gasteiger partial charge on any atom is 0.320 e. The Morgan fingerprint density at radius 2 is 2.36 bits per heavy atom. The van der Waals surface area contributed by atoms with Crippen molar-refractivity contribution in [1.82, 2.24) is 0 Å². The van der Waals surface area contributed by atoms with Gasteiger partial charge in [-0.3, -0.25) is 4.79 Å². The van der Waals surface area contributed by atoms with Gasteiger partial charge in [-0.1, -0.05) is 6.07 Å². The number of hydrogen-bond acceptors (Lipinski definition) is 4. The lowest BCUT2D eigenvalue weighted by Crippen LogP contribution is -1.98. The molecule has 0 saturated heterocycles. The van der Waals surface area contributed by atoms with E-state index in [1.807, 2.05) is 0 Å². The molecule has 11 heavy (non-hydrogen) atoms. The van der Waals surface area contributed by atoms with Crippen molar-refractivity contribution in [3.63, 3.8) is 0 Å². The van der Waals surface area contributed by atoms with E-state index in [1.54, 1.807) is 24.3 Å². The van der Waals surface area contributed by atoms with Crippen molar-refractivity contribution in [2.75, 3.05) is 11.2 Å². The maximum atomic E-state index is 9.75. The lowest BCUT2D eigenvalue weighted by molar-refractivity contribution is -0.126. The molecule has 0 aliphatic rings. The van der Waals surface area contributed by atoms with Crippen LogP contribution in [0, 0.1) is 0 Å². The van der Waals surface area contributed by atoms with Gasteiger partial charge in [-0.05, 0) is 18.2 Å². The second kappa shape index (κ2) is 3.46. The number of hydrogen-bond donors (Lipinski definition) is 2. The fourth-order valence-corrected chi connectivity index (χ4v) is 0.694. The zero-order valence-corrected chi connectivity index (χ0v) is 5.78. The van der Waals surface area contributed by atoms with Crippen molar-refractivity contribution in [3.8, 4) is 0 Å². The number of benzene rings is 1. The lowest BCUT2D eigenvalue weighted by atomic mass is 10.3. The Balaban J connectivity index is 2.63. The first-order valence-electron chi connectivity index (χ1n) is 3.04. The van der Waals surface area contributed by atoms with Crippen LogP contribution < -0.4 is 11.2 Å². The summed E-state index contributed by atoms with van der Waals surface area (Å²) in [4.78, 5) is 14.0. The summed E-state index contributed by atoms with van der Waals surface area (Å²) in [6.45, 7) is 0.309. The van der Waals surface area contributed by atoms with Gasteiger partial charge < -0.3 is 10.6 Å². The Bertz CT molecular complexity index is 250. The van der Waals surface area contributed by atoms with Crippen LogP contribution in [0.5, 0.6) is 0 Å².